The Morgan fingerprint density at radius 1 is 1.19 bits per heavy atom. The first kappa shape index (κ1) is 14.9. The van der Waals surface area contributed by atoms with Gasteiger partial charge in [0, 0.05) is 12.2 Å². The molecule has 2 aromatic carbocycles. The maximum Gasteiger partial charge on any atom is 0.339 e. The molecule has 0 aliphatic rings. The molecule has 0 amide bonds. The van der Waals surface area contributed by atoms with Crippen LogP contribution in [0, 0.1) is 13.8 Å². The van der Waals surface area contributed by atoms with Crippen LogP contribution in [0.3, 0.4) is 0 Å². The molecule has 0 aromatic heterocycles. The molecule has 2 rings (SSSR count). The van der Waals surface area contributed by atoms with Gasteiger partial charge in [-0.1, -0.05) is 24.3 Å². The predicted molar refractivity (Wildman–Crippen MR) is 83.3 cm³/mol. The van der Waals surface area contributed by atoms with Gasteiger partial charge in [0.25, 0.3) is 0 Å². The van der Waals surface area contributed by atoms with Crippen molar-refractivity contribution >= 4 is 11.7 Å². The van der Waals surface area contributed by atoms with Gasteiger partial charge in [0.15, 0.2) is 0 Å². The number of hydrogen-bond donors (Lipinski definition) is 2. The fourth-order valence-electron chi connectivity index (χ4n) is 2.04. The molecule has 0 radical (unpaired) electrons. The molecule has 2 aromatic rings. The third-order valence-electron chi connectivity index (χ3n) is 3.19. The average molecular weight is 285 g/mol. The van der Waals surface area contributed by atoms with E-state index in [9.17, 15) is 4.79 Å². The van der Waals surface area contributed by atoms with Crippen LogP contribution in [-0.4, -0.2) is 24.2 Å². The summed E-state index contributed by atoms with van der Waals surface area (Å²) in [7, 11) is 0. The number of carboxylic acid groups (broad SMARTS) is 1. The lowest BCUT2D eigenvalue weighted by atomic mass is 10.1. The van der Waals surface area contributed by atoms with Crippen LogP contribution in [0.2, 0.25) is 0 Å². The number of carboxylic acids is 1. The normalized spacial score (nSPS) is 10.2. The SMILES string of the molecule is Cc1ccc(C)c(NCCOc2ccccc2C(=O)O)c1. The number of anilines is 1. The summed E-state index contributed by atoms with van der Waals surface area (Å²) in [5.41, 5.74) is 3.63. The van der Waals surface area contributed by atoms with Crippen molar-refractivity contribution in [2.24, 2.45) is 0 Å². The molecule has 0 aliphatic heterocycles. The summed E-state index contributed by atoms with van der Waals surface area (Å²) in [5, 5.41) is 12.4. The maximum atomic E-state index is 11.1. The van der Waals surface area contributed by atoms with Gasteiger partial charge >= 0.3 is 5.97 Å². The molecule has 0 atom stereocenters. The summed E-state index contributed by atoms with van der Waals surface area (Å²) in [6, 6.07) is 12.9. The van der Waals surface area contributed by atoms with Gasteiger partial charge in [-0.25, -0.2) is 4.79 Å². The Bertz CT molecular complexity index is 638. The highest BCUT2D eigenvalue weighted by atomic mass is 16.5. The lowest BCUT2D eigenvalue weighted by Crippen LogP contribution is -2.13. The molecule has 0 bridgehead atoms. The molecule has 21 heavy (non-hydrogen) atoms. The van der Waals surface area contributed by atoms with Crippen molar-refractivity contribution in [3.63, 3.8) is 0 Å². The molecule has 0 spiro atoms. The van der Waals surface area contributed by atoms with Crippen LogP contribution in [0.25, 0.3) is 0 Å². The van der Waals surface area contributed by atoms with E-state index in [1.54, 1.807) is 18.2 Å². The number of carbonyl (C=O) groups is 1. The molecule has 0 saturated heterocycles. The topological polar surface area (TPSA) is 58.6 Å². The Labute approximate surface area is 124 Å². The van der Waals surface area contributed by atoms with Gasteiger partial charge in [-0.3, -0.25) is 0 Å². The van der Waals surface area contributed by atoms with E-state index in [-0.39, 0.29) is 5.56 Å². The molecule has 0 unspecified atom stereocenters. The second-order valence-corrected chi connectivity index (χ2v) is 4.89. The fraction of sp³-hybridized carbons (Fsp3) is 0.235. The van der Waals surface area contributed by atoms with E-state index in [2.05, 4.69) is 23.5 Å². The number of aryl methyl sites for hydroxylation is 2. The summed E-state index contributed by atoms with van der Waals surface area (Å²) >= 11 is 0. The monoisotopic (exact) mass is 285 g/mol. The van der Waals surface area contributed by atoms with Crippen molar-refractivity contribution in [2.45, 2.75) is 13.8 Å². The van der Waals surface area contributed by atoms with Crippen molar-refractivity contribution in [2.75, 3.05) is 18.5 Å². The molecular formula is C17H19NO3. The van der Waals surface area contributed by atoms with Crippen molar-refractivity contribution in [1.29, 1.82) is 0 Å². The van der Waals surface area contributed by atoms with Crippen molar-refractivity contribution in [1.82, 2.24) is 0 Å². The first-order valence-electron chi connectivity index (χ1n) is 6.84. The highest BCUT2D eigenvalue weighted by molar-refractivity contribution is 5.90. The van der Waals surface area contributed by atoms with Crippen LogP contribution in [0.5, 0.6) is 5.75 Å². The van der Waals surface area contributed by atoms with Crippen LogP contribution in [0.1, 0.15) is 21.5 Å². The van der Waals surface area contributed by atoms with Crippen molar-refractivity contribution in [3.8, 4) is 5.75 Å². The molecule has 110 valence electrons. The summed E-state index contributed by atoms with van der Waals surface area (Å²) in [6.07, 6.45) is 0. The lowest BCUT2D eigenvalue weighted by Gasteiger charge is -2.12. The van der Waals surface area contributed by atoms with Gasteiger partial charge in [-0.15, -0.1) is 0 Å². The zero-order valence-corrected chi connectivity index (χ0v) is 12.2. The molecule has 4 heteroatoms. The third kappa shape index (κ3) is 3.99. The van der Waals surface area contributed by atoms with Crippen LogP contribution in [0.15, 0.2) is 42.5 Å². The van der Waals surface area contributed by atoms with E-state index in [1.165, 1.54) is 17.2 Å². The van der Waals surface area contributed by atoms with Crippen molar-refractivity contribution < 1.29 is 14.6 Å². The van der Waals surface area contributed by atoms with E-state index in [0.29, 0.717) is 18.9 Å². The van der Waals surface area contributed by atoms with Gasteiger partial charge in [-0.2, -0.15) is 0 Å². The molecule has 0 heterocycles. The molecule has 0 fully saturated rings. The highest BCUT2D eigenvalue weighted by Crippen LogP contribution is 2.18. The smallest absolute Gasteiger partial charge is 0.339 e. The van der Waals surface area contributed by atoms with Gasteiger partial charge in [-0.05, 0) is 43.2 Å². The highest BCUT2D eigenvalue weighted by Gasteiger charge is 2.09. The second-order valence-electron chi connectivity index (χ2n) is 4.89. The number of ether oxygens (including phenoxy) is 1. The molecule has 0 saturated carbocycles. The Kier molecular flexibility index (Phi) is 4.82. The Hall–Kier alpha value is -2.49. The van der Waals surface area contributed by atoms with E-state index in [4.69, 9.17) is 9.84 Å². The molecular weight excluding hydrogens is 266 g/mol. The zero-order valence-electron chi connectivity index (χ0n) is 12.2. The molecule has 0 aliphatic carbocycles. The Morgan fingerprint density at radius 3 is 2.71 bits per heavy atom. The number of aromatic carboxylic acids is 1. The van der Waals surface area contributed by atoms with E-state index in [1.807, 2.05) is 13.8 Å². The summed E-state index contributed by atoms with van der Waals surface area (Å²) in [4.78, 5) is 11.1. The van der Waals surface area contributed by atoms with Crippen LogP contribution in [0.4, 0.5) is 5.69 Å². The number of para-hydroxylation sites is 1. The quantitative estimate of drug-likeness (QED) is 0.798. The minimum atomic E-state index is -0.979. The number of benzene rings is 2. The van der Waals surface area contributed by atoms with Gasteiger partial charge in [0.05, 0.1) is 0 Å². The number of rotatable bonds is 6. The first-order chi connectivity index (χ1) is 10.1. The third-order valence-corrected chi connectivity index (χ3v) is 3.19. The van der Waals surface area contributed by atoms with E-state index in [0.717, 1.165) is 5.69 Å². The first-order valence-corrected chi connectivity index (χ1v) is 6.84. The van der Waals surface area contributed by atoms with Crippen LogP contribution >= 0.6 is 0 Å². The van der Waals surface area contributed by atoms with E-state index < -0.39 is 5.97 Å². The zero-order chi connectivity index (χ0) is 15.2. The number of hydrogen-bond acceptors (Lipinski definition) is 3. The molecule has 2 N–H and O–H groups in total. The maximum absolute atomic E-state index is 11.1. The standard InChI is InChI=1S/C17H19NO3/c1-12-7-8-13(2)15(11-12)18-9-10-21-16-6-4-3-5-14(16)17(19)20/h3-8,11,18H,9-10H2,1-2H3,(H,19,20). The Balaban J connectivity index is 1.91. The van der Waals surface area contributed by atoms with Crippen molar-refractivity contribution in [3.05, 3.63) is 59.2 Å². The minimum Gasteiger partial charge on any atom is -0.491 e. The van der Waals surface area contributed by atoms with Crippen LogP contribution in [-0.2, 0) is 0 Å². The predicted octanol–water partition coefficient (Wildman–Crippen LogP) is 3.49. The summed E-state index contributed by atoms with van der Waals surface area (Å²) < 4.78 is 5.55. The van der Waals surface area contributed by atoms with Gasteiger partial charge in [0.1, 0.15) is 17.9 Å². The fourth-order valence-corrected chi connectivity index (χ4v) is 2.04. The van der Waals surface area contributed by atoms with Gasteiger partial charge < -0.3 is 15.2 Å². The lowest BCUT2D eigenvalue weighted by molar-refractivity contribution is 0.0692. The summed E-state index contributed by atoms with van der Waals surface area (Å²) in [5.74, 6) is -0.583. The number of nitrogens with one attached hydrogen (secondary N) is 1. The summed E-state index contributed by atoms with van der Waals surface area (Å²) in [6.45, 7) is 5.10. The second kappa shape index (κ2) is 6.79. The van der Waals surface area contributed by atoms with Crippen LogP contribution < -0.4 is 10.1 Å². The Morgan fingerprint density at radius 2 is 1.95 bits per heavy atom. The minimum absolute atomic E-state index is 0.184. The molecule has 4 nitrogen and oxygen atoms in total. The largest absolute Gasteiger partial charge is 0.491 e. The average Bonchev–Trinajstić information content (AvgIpc) is 2.47. The van der Waals surface area contributed by atoms with E-state index >= 15 is 0 Å². The van der Waals surface area contributed by atoms with Gasteiger partial charge in [0.2, 0.25) is 0 Å².